The summed E-state index contributed by atoms with van der Waals surface area (Å²) >= 11 is 2.99. The van der Waals surface area contributed by atoms with Gasteiger partial charge in [0.1, 0.15) is 11.2 Å². The molecule has 1 N–H and O–H groups in total. The van der Waals surface area contributed by atoms with Gasteiger partial charge in [0.2, 0.25) is 5.91 Å². The van der Waals surface area contributed by atoms with Crippen LogP contribution in [-0.2, 0) is 11.2 Å². The number of carbonyl (C=O) groups excluding carboxylic acids is 1. The van der Waals surface area contributed by atoms with E-state index in [0.29, 0.717) is 10.2 Å². The zero-order valence-corrected chi connectivity index (χ0v) is 15.6. The van der Waals surface area contributed by atoms with Crippen LogP contribution in [0.15, 0.2) is 59.0 Å². The summed E-state index contributed by atoms with van der Waals surface area (Å²) in [5.74, 6) is -0.246. The van der Waals surface area contributed by atoms with E-state index in [9.17, 15) is 9.59 Å². The molecule has 0 spiro atoms. The van der Waals surface area contributed by atoms with Crippen LogP contribution < -0.4 is 11.0 Å². The van der Waals surface area contributed by atoms with Crippen molar-refractivity contribution >= 4 is 38.8 Å². The van der Waals surface area contributed by atoms with Crippen molar-refractivity contribution < 1.29 is 4.79 Å². The smallest absolute Gasteiger partial charge is 0.273 e. The van der Waals surface area contributed by atoms with E-state index in [1.54, 1.807) is 0 Å². The van der Waals surface area contributed by atoms with Crippen molar-refractivity contribution in [3.63, 3.8) is 0 Å². The Morgan fingerprint density at radius 2 is 2.00 bits per heavy atom. The Hall–Kier alpha value is -2.77. The van der Waals surface area contributed by atoms with Crippen LogP contribution in [0.2, 0.25) is 0 Å². The van der Waals surface area contributed by atoms with Gasteiger partial charge in [-0.15, -0.1) is 22.7 Å². The van der Waals surface area contributed by atoms with Gasteiger partial charge in [0, 0.05) is 15.3 Å². The highest BCUT2D eigenvalue weighted by molar-refractivity contribution is 7.19. The number of aromatic nitrogens is 2. The fourth-order valence-electron chi connectivity index (χ4n) is 2.88. The summed E-state index contributed by atoms with van der Waals surface area (Å²) in [6, 6.07) is 13.6. The van der Waals surface area contributed by atoms with Crippen LogP contribution in [0.3, 0.4) is 0 Å². The zero-order chi connectivity index (χ0) is 18.1. The Labute approximate surface area is 157 Å². The largest absolute Gasteiger partial charge is 0.281 e. The van der Waals surface area contributed by atoms with Crippen LogP contribution in [0.1, 0.15) is 9.75 Å². The standard InChI is InChI=1S/C19H15N3O2S2/c1-12-16(13-6-3-2-4-7-13)17-18(26-12)20-11-22(19(17)24)21-15(23)10-14-8-5-9-25-14/h2-9,11H,10H2,1H3,(H,21,23). The third-order valence-corrected chi connectivity index (χ3v) is 5.90. The van der Waals surface area contributed by atoms with Gasteiger partial charge in [-0.1, -0.05) is 36.4 Å². The molecule has 0 aliphatic rings. The van der Waals surface area contributed by atoms with Gasteiger partial charge in [-0.25, -0.2) is 9.66 Å². The van der Waals surface area contributed by atoms with Gasteiger partial charge in [0.05, 0.1) is 11.8 Å². The SMILES string of the molecule is Cc1sc2ncn(NC(=O)Cc3cccs3)c(=O)c2c1-c1ccccc1. The number of benzene rings is 1. The van der Waals surface area contributed by atoms with Gasteiger partial charge < -0.3 is 0 Å². The summed E-state index contributed by atoms with van der Waals surface area (Å²) in [4.78, 5) is 32.2. The molecular formula is C19H15N3O2S2. The number of hydrogen-bond donors (Lipinski definition) is 1. The first-order valence-electron chi connectivity index (χ1n) is 8.02. The molecule has 5 nitrogen and oxygen atoms in total. The lowest BCUT2D eigenvalue weighted by Crippen LogP contribution is -2.33. The van der Waals surface area contributed by atoms with Crippen LogP contribution in [0, 0.1) is 6.92 Å². The summed E-state index contributed by atoms with van der Waals surface area (Å²) in [6.07, 6.45) is 1.61. The van der Waals surface area contributed by atoms with Crippen LogP contribution in [0.25, 0.3) is 21.3 Å². The van der Waals surface area contributed by atoms with E-state index >= 15 is 0 Å². The van der Waals surface area contributed by atoms with E-state index in [1.807, 2.05) is 54.8 Å². The number of nitrogens with zero attached hydrogens (tertiary/aromatic N) is 2. The molecule has 4 rings (SSSR count). The Balaban J connectivity index is 1.75. The second-order valence-electron chi connectivity index (χ2n) is 5.79. The average molecular weight is 381 g/mol. The number of carbonyl (C=O) groups is 1. The van der Waals surface area contributed by atoms with Crippen molar-refractivity contribution in [3.05, 3.63) is 74.3 Å². The van der Waals surface area contributed by atoms with E-state index < -0.39 is 0 Å². The van der Waals surface area contributed by atoms with E-state index in [-0.39, 0.29) is 17.9 Å². The third kappa shape index (κ3) is 3.07. The Morgan fingerprint density at radius 3 is 2.73 bits per heavy atom. The lowest BCUT2D eigenvalue weighted by atomic mass is 10.0. The van der Waals surface area contributed by atoms with Gasteiger partial charge in [-0.05, 0) is 23.9 Å². The van der Waals surface area contributed by atoms with Crippen LogP contribution in [0.4, 0.5) is 0 Å². The summed E-state index contributed by atoms with van der Waals surface area (Å²) in [7, 11) is 0. The predicted molar refractivity (Wildman–Crippen MR) is 106 cm³/mol. The van der Waals surface area contributed by atoms with Crippen LogP contribution in [0.5, 0.6) is 0 Å². The quantitative estimate of drug-likeness (QED) is 0.585. The minimum atomic E-state index is -0.266. The minimum Gasteiger partial charge on any atom is -0.273 e. The second kappa shape index (κ2) is 6.86. The summed E-state index contributed by atoms with van der Waals surface area (Å²) in [6.45, 7) is 1.98. The monoisotopic (exact) mass is 381 g/mol. The molecule has 0 aliphatic carbocycles. The molecule has 0 saturated carbocycles. The molecule has 0 bridgehead atoms. The molecular weight excluding hydrogens is 366 g/mol. The van der Waals surface area contributed by atoms with E-state index in [1.165, 1.54) is 33.7 Å². The maximum Gasteiger partial charge on any atom is 0.281 e. The average Bonchev–Trinajstić information content (AvgIpc) is 3.25. The first kappa shape index (κ1) is 16.7. The molecule has 3 heterocycles. The maximum atomic E-state index is 13.0. The number of aryl methyl sites for hydroxylation is 1. The predicted octanol–water partition coefficient (Wildman–Crippen LogP) is 3.81. The van der Waals surface area contributed by atoms with Gasteiger partial charge in [-0.2, -0.15) is 0 Å². The summed E-state index contributed by atoms with van der Waals surface area (Å²) in [5, 5.41) is 2.46. The summed E-state index contributed by atoms with van der Waals surface area (Å²) in [5.41, 5.74) is 4.23. The van der Waals surface area contributed by atoms with E-state index in [4.69, 9.17) is 0 Å². The minimum absolute atomic E-state index is 0.232. The van der Waals surface area contributed by atoms with Crippen LogP contribution >= 0.6 is 22.7 Å². The third-order valence-electron chi connectivity index (χ3n) is 4.01. The molecule has 0 saturated heterocycles. The Kier molecular flexibility index (Phi) is 4.40. The fourth-order valence-corrected chi connectivity index (χ4v) is 4.59. The lowest BCUT2D eigenvalue weighted by molar-refractivity contribution is -0.116. The molecule has 4 aromatic rings. The highest BCUT2D eigenvalue weighted by atomic mass is 32.1. The van der Waals surface area contributed by atoms with E-state index in [0.717, 1.165) is 20.9 Å². The topological polar surface area (TPSA) is 64.0 Å². The zero-order valence-electron chi connectivity index (χ0n) is 13.9. The molecule has 0 radical (unpaired) electrons. The summed E-state index contributed by atoms with van der Waals surface area (Å²) < 4.78 is 1.18. The molecule has 0 aliphatic heterocycles. The first-order valence-corrected chi connectivity index (χ1v) is 9.71. The maximum absolute atomic E-state index is 13.0. The van der Waals surface area contributed by atoms with Gasteiger partial charge in [0.25, 0.3) is 5.56 Å². The second-order valence-corrected chi connectivity index (χ2v) is 8.03. The number of hydrogen-bond acceptors (Lipinski definition) is 5. The molecule has 0 atom stereocenters. The number of thiophene rings is 2. The first-order chi connectivity index (χ1) is 12.6. The van der Waals surface area contributed by atoms with Gasteiger partial charge >= 0.3 is 0 Å². The Morgan fingerprint density at radius 1 is 1.19 bits per heavy atom. The van der Waals surface area contributed by atoms with Crippen molar-refractivity contribution in [1.29, 1.82) is 0 Å². The molecule has 0 fully saturated rings. The number of rotatable bonds is 4. The van der Waals surface area contributed by atoms with E-state index in [2.05, 4.69) is 10.4 Å². The molecule has 1 amide bonds. The van der Waals surface area contributed by atoms with Crippen molar-refractivity contribution in [2.45, 2.75) is 13.3 Å². The molecule has 7 heteroatoms. The highest BCUT2D eigenvalue weighted by Gasteiger charge is 2.17. The van der Waals surface area contributed by atoms with Crippen LogP contribution in [-0.4, -0.2) is 15.6 Å². The van der Waals surface area contributed by atoms with Crippen molar-refractivity contribution in [3.8, 4) is 11.1 Å². The molecule has 130 valence electrons. The Bertz CT molecular complexity index is 1130. The lowest BCUT2D eigenvalue weighted by Gasteiger charge is -2.08. The number of amides is 1. The van der Waals surface area contributed by atoms with Gasteiger partial charge in [-0.3, -0.25) is 15.0 Å². The van der Waals surface area contributed by atoms with Gasteiger partial charge in [0.15, 0.2) is 0 Å². The van der Waals surface area contributed by atoms with Crippen molar-refractivity contribution in [2.24, 2.45) is 0 Å². The number of nitrogens with one attached hydrogen (secondary N) is 1. The molecule has 0 unspecified atom stereocenters. The molecule has 3 aromatic heterocycles. The van der Waals surface area contributed by atoms with Crippen molar-refractivity contribution in [2.75, 3.05) is 5.43 Å². The molecule has 26 heavy (non-hydrogen) atoms. The number of fused-ring (bicyclic) bond motifs is 1. The fraction of sp³-hybridized carbons (Fsp3) is 0.105. The highest BCUT2D eigenvalue weighted by Crippen LogP contribution is 2.35. The van der Waals surface area contributed by atoms with Crippen molar-refractivity contribution in [1.82, 2.24) is 9.66 Å². The molecule has 1 aromatic carbocycles. The normalized spacial score (nSPS) is 11.0.